The minimum Gasteiger partial charge on any atom is -0.493 e. The highest BCUT2D eigenvalue weighted by Crippen LogP contribution is 2.30. The number of benzene rings is 1. The van der Waals surface area contributed by atoms with Crippen molar-refractivity contribution < 1.29 is 9.53 Å². The zero-order valence-corrected chi connectivity index (χ0v) is 10.1. The quantitative estimate of drug-likeness (QED) is 0.894. The molecule has 0 aromatic heterocycles. The van der Waals surface area contributed by atoms with Gasteiger partial charge in [-0.05, 0) is 47.0 Å². The van der Waals surface area contributed by atoms with E-state index in [9.17, 15) is 4.79 Å². The second-order valence-electron chi connectivity index (χ2n) is 3.38. The number of rotatable bonds is 2. The van der Waals surface area contributed by atoms with Crippen LogP contribution in [0.5, 0.6) is 5.75 Å². The molecule has 1 heterocycles. The Morgan fingerprint density at radius 1 is 1.53 bits per heavy atom. The van der Waals surface area contributed by atoms with E-state index in [1.807, 2.05) is 19.1 Å². The number of nitrogens with one attached hydrogen (secondary N) is 1. The lowest BCUT2D eigenvalue weighted by Gasteiger charge is -2.18. The van der Waals surface area contributed by atoms with Gasteiger partial charge in [0.05, 0.1) is 11.1 Å². The number of halogens is 1. The molecule has 0 atom stereocenters. The van der Waals surface area contributed by atoms with E-state index in [0.29, 0.717) is 13.2 Å². The molecule has 0 radical (unpaired) electrons. The van der Waals surface area contributed by atoms with Gasteiger partial charge in [0.15, 0.2) is 0 Å². The normalized spacial score (nSPS) is 14.4. The van der Waals surface area contributed by atoms with Gasteiger partial charge in [-0.3, -0.25) is 4.79 Å². The van der Waals surface area contributed by atoms with Crippen LogP contribution in [0, 0.1) is 0 Å². The van der Waals surface area contributed by atoms with E-state index < -0.39 is 0 Å². The van der Waals surface area contributed by atoms with Crippen LogP contribution in [0.25, 0.3) is 0 Å². The molecule has 2 rings (SSSR count). The lowest BCUT2D eigenvalue weighted by atomic mass is 10.0. The summed E-state index contributed by atoms with van der Waals surface area (Å²) in [5.41, 5.74) is 1.81. The van der Waals surface area contributed by atoms with Crippen LogP contribution in [0.3, 0.4) is 0 Å². The van der Waals surface area contributed by atoms with Gasteiger partial charge in [-0.15, -0.1) is 0 Å². The second-order valence-corrected chi connectivity index (χ2v) is 4.23. The Balaban J connectivity index is 2.44. The molecule has 0 spiro atoms. The fourth-order valence-electron chi connectivity index (χ4n) is 1.69. The third-order valence-corrected chi connectivity index (χ3v) is 3.00. The average molecular weight is 270 g/mol. The van der Waals surface area contributed by atoms with Gasteiger partial charge in [-0.1, -0.05) is 0 Å². The number of carbonyl (C=O) groups excluding carboxylic acids is 1. The highest BCUT2D eigenvalue weighted by molar-refractivity contribution is 9.10. The van der Waals surface area contributed by atoms with Crippen molar-refractivity contribution in [3.63, 3.8) is 0 Å². The Hall–Kier alpha value is -1.03. The zero-order valence-electron chi connectivity index (χ0n) is 8.47. The van der Waals surface area contributed by atoms with Crippen molar-refractivity contribution in [2.24, 2.45) is 0 Å². The molecule has 15 heavy (non-hydrogen) atoms. The molecule has 1 amide bonds. The maximum atomic E-state index is 11.5. The largest absolute Gasteiger partial charge is 0.493 e. The lowest BCUT2D eigenvalue weighted by molar-refractivity contribution is 0.0946. The highest BCUT2D eigenvalue weighted by atomic mass is 79.9. The average Bonchev–Trinajstić information content (AvgIpc) is 2.21. The first kappa shape index (κ1) is 10.5. The maximum absolute atomic E-state index is 11.5. The molecule has 80 valence electrons. The summed E-state index contributed by atoms with van der Waals surface area (Å²) in [5, 5.41) is 2.82. The van der Waals surface area contributed by atoms with E-state index in [4.69, 9.17) is 4.74 Å². The Labute approximate surface area is 96.9 Å². The fraction of sp³-hybridized carbons (Fsp3) is 0.364. The molecular weight excluding hydrogens is 258 g/mol. The molecule has 1 aliphatic heterocycles. The van der Waals surface area contributed by atoms with Crippen LogP contribution in [-0.4, -0.2) is 19.1 Å². The molecule has 0 saturated heterocycles. The molecule has 1 aromatic rings. The van der Waals surface area contributed by atoms with Crippen LogP contribution in [0.1, 0.15) is 22.8 Å². The number of hydrogen-bond donors (Lipinski definition) is 1. The summed E-state index contributed by atoms with van der Waals surface area (Å²) >= 11 is 3.40. The predicted molar refractivity (Wildman–Crippen MR) is 61.3 cm³/mol. The van der Waals surface area contributed by atoms with E-state index in [1.165, 1.54) is 0 Å². The third-order valence-electron chi connectivity index (χ3n) is 2.38. The smallest absolute Gasteiger partial charge is 0.251 e. The minimum atomic E-state index is -0.00000142. The monoisotopic (exact) mass is 269 g/mol. The van der Waals surface area contributed by atoms with Gasteiger partial charge in [-0.25, -0.2) is 0 Å². The topological polar surface area (TPSA) is 38.3 Å². The van der Waals surface area contributed by atoms with Crippen molar-refractivity contribution in [2.75, 3.05) is 13.2 Å². The predicted octanol–water partition coefficient (Wildman–Crippen LogP) is 2.13. The van der Waals surface area contributed by atoms with Crippen molar-refractivity contribution in [3.8, 4) is 5.75 Å². The molecule has 0 aliphatic carbocycles. The summed E-state index contributed by atoms with van der Waals surface area (Å²) in [6.45, 7) is 3.28. The van der Waals surface area contributed by atoms with Gasteiger partial charge in [0, 0.05) is 12.1 Å². The molecular formula is C11H12BrNO2. The minimum absolute atomic E-state index is 0.00000142. The summed E-state index contributed by atoms with van der Waals surface area (Å²) in [4.78, 5) is 11.5. The van der Waals surface area contributed by atoms with Gasteiger partial charge in [0.1, 0.15) is 5.75 Å². The first-order valence-electron chi connectivity index (χ1n) is 4.95. The Bertz CT molecular complexity index is 404. The van der Waals surface area contributed by atoms with Gasteiger partial charge in [-0.2, -0.15) is 0 Å². The fourth-order valence-corrected chi connectivity index (χ4v) is 2.14. The number of fused-ring (bicyclic) bond motifs is 1. The standard InChI is InChI=1S/C11H12BrNO2/c1-2-15-10-5-7-3-4-13-11(14)8(7)6-9(10)12/h5-6H,2-4H2,1H3,(H,13,14). The van der Waals surface area contributed by atoms with Crippen molar-refractivity contribution in [3.05, 3.63) is 27.7 Å². The highest BCUT2D eigenvalue weighted by Gasteiger charge is 2.18. The van der Waals surface area contributed by atoms with E-state index >= 15 is 0 Å². The van der Waals surface area contributed by atoms with Gasteiger partial charge in [0.25, 0.3) is 5.91 Å². The molecule has 1 N–H and O–H groups in total. The Kier molecular flexibility index (Phi) is 2.95. The van der Waals surface area contributed by atoms with E-state index in [1.54, 1.807) is 0 Å². The summed E-state index contributed by atoms with van der Waals surface area (Å²) in [5.74, 6) is 0.811. The van der Waals surface area contributed by atoms with Crippen LogP contribution in [0.2, 0.25) is 0 Å². The molecule has 1 aliphatic rings. The molecule has 0 unspecified atom stereocenters. The Morgan fingerprint density at radius 2 is 2.33 bits per heavy atom. The van der Waals surface area contributed by atoms with Crippen LogP contribution in [0.4, 0.5) is 0 Å². The SMILES string of the molecule is CCOc1cc2c(cc1Br)C(=O)NCC2. The van der Waals surface area contributed by atoms with Crippen molar-refractivity contribution in [1.82, 2.24) is 5.32 Å². The van der Waals surface area contributed by atoms with Gasteiger partial charge < -0.3 is 10.1 Å². The summed E-state index contributed by atoms with van der Waals surface area (Å²) < 4.78 is 6.29. The number of ether oxygens (including phenoxy) is 1. The molecule has 1 aromatic carbocycles. The number of hydrogen-bond acceptors (Lipinski definition) is 2. The third kappa shape index (κ3) is 2.00. The second kappa shape index (κ2) is 4.23. The van der Waals surface area contributed by atoms with Crippen LogP contribution < -0.4 is 10.1 Å². The maximum Gasteiger partial charge on any atom is 0.251 e. The van der Waals surface area contributed by atoms with Crippen molar-refractivity contribution in [2.45, 2.75) is 13.3 Å². The molecule has 3 nitrogen and oxygen atoms in total. The van der Waals surface area contributed by atoms with Crippen LogP contribution >= 0.6 is 15.9 Å². The van der Waals surface area contributed by atoms with Crippen molar-refractivity contribution >= 4 is 21.8 Å². The zero-order chi connectivity index (χ0) is 10.8. The Morgan fingerprint density at radius 3 is 3.07 bits per heavy atom. The molecule has 0 fully saturated rings. The summed E-state index contributed by atoms with van der Waals surface area (Å²) in [7, 11) is 0. The lowest BCUT2D eigenvalue weighted by Crippen LogP contribution is -2.31. The van der Waals surface area contributed by atoms with Crippen LogP contribution in [-0.2, 0) is 6.42 Å². The molecule has 4 heteroatoms. The number of carbonyl (C=O) groups is 1. The van der Waals surface area contributed by atoms with Gasteiger partial charge in [0.2, 0.25) is 0 Å². The molecule has 0 bridgehead atoms. The summed E-state index contributed by atoms with van der Waals surface area (Å²) in [6, 6.07) is 3.77. The van der Waals surface area contributed by atoms with E-state index in [2.05, 4.69) is 21.2 Å². The van der Waals surface area contributed by atoms with Crippen molar-refractivity contribution in [1.29, 1.82) is 0 Å². The summed E-state index contributed by atoms with van der Waals surface area (Å²) in [6.07, 6.45) is 0.869. The first-order chi connectivity index (χ1) is 7.22. The van der Waals surface area contributed by atoms with Gasteiger partial charge >= 0.3 is 0 Å². The van der Waals surface area contributed by atoms with E-state index in [-0.39, 0.29) is 5.91 Å². The first-order valence-corrected chi connectivity index (χ1v) is 5.75. The van der Waals surface area contributed by atoms with Crippen LogP contribution in [0.15, 0.2) is 16.6 Å². The number of amides is 1. The van der Waals surface area contributed by atoms with E-state index in [0.717, 1.165) is 27.8 Å². The molecule has 0 saturated carbocycles.